The van der Waals surface area contributed by atoms with E-state index in [1.807, 2.05) is 50.2 Å². The van der Waals surface area contributed by atoms with E-state index in [9.17, 15) is 4.79 Å². The fourth-order valence-electron chi connectivity index (χ4n) is 2.09. The lowest BCUT2D eigenvalue weighted by Crippen LogP contribution is -2.31. The third-order valence-electron chi connectivity index (χ3n) is 3.19. The van der Waals surface area contributed by atoms with Gasteiger partial charge in [0, 0.05) is 16.6 Å². The zero-order valence-corrected chi connectivity index (χ0v) is 13.1. The van der Waals surface area contributed by atoms with Crippen molar-refractivity contribution >= 4 is 33.2 Å². The van der Waals surface area contributed by atoms with Crippen molar-refractivity contribution in [3.63, 3.8) is 0 Å². The summed E-state index contributed by atoms with van der Waals surface area (Å²) in [5, 5.41) is 0. The molecule has 4 heteroatoms. The molecule has 2 aromatic rings. The number of nitrogens with zero attached hydrogens (tertiary/aromatic N) is 1. The van der Waals surface area contributed by atoms with Crippen LogP contribution in [0.3, 0.4) is 0 Å². The van der Waals surface area contributed by atoms with Crippen LogP contribution in [0.15, 0.2) is 46.9 Å². The van der Waals surface area contributed by atoms with Gasteiger partial charge in [0.15, 0.2) is 0 Å². The van der Waals surface area contributed by atoms with Gasteiger partial charge in [-0.3, -0.25) is 4.79 Å². The second-order valence-corrected chi connectivity index (χ2v) is 5.43. The maximum Gasteiger partial charge on any atom is 0.258 e. The third-order valence-corrected chi connectivity index (χ3v) is 4.08. The van der Waals surface area contributed by atoms with E-state index in [-0.39, 0.29) is 5.91 Å². The molecule has 0 aromatic heterocycles. The minimum atomic E-state index is -0.0407. The van der Waals surface area contributed by atoms with E-state index in [1.165, 1.54) is 0 Å². The van der Waals surface area contributed by atoms with Gasteiger partial charge in [-0.1, -0.05) is 28.1 Å². The van der Waals surface area contributed by atoms with Gasteiger partial charge in [0.25, 0.3) is 5.91 Å². The normalized spacial score (nSPS) is 10.3. The molecule has 20 heavy (non-hydrogen) atoms. The Morgan fingerprint density at radius 2 is 1.95 bits per heavy atom. The molecule has 0 aliphatic rings. The monoisotopic (exact) mass is 332 g/mol. The predicted molar refractivity (Wildman–Crippen MR) is 87.1 cm³/mol. The van der Waals surface area contributed by atoms with Crippen molar-refractivity contribution in [1.29, 1.82) is 0 Å². The SMILES string of the molecule is CCN(C(=O)c1ccc(Br)c(C)c1)c1ccccc1N. The van der Waals surface area contributed by atoms with Crippen molar-refractivity contribution in [3.05, 3.63) is 58.1 Å². The lowest BCUT2D eigenvalue weighted by molar-refractivity contribution is 0.0988. The average molecular weight is 333 g/mol. The lowest BCUT2D eigenvalue weighted by atomic mass is 10.1. The van der Waals surface area contributed by atoms with Crippen molar-refractivity contribution in [2.24, 2.45) is 0 Å². The van der Waals surface area contributed by atoms with Gasteiger partial charge < -0.3 is 10.6 Å². The van der Waals surface area contributed by atoms with E-state index >= 15 is 0 Å². The molecule has 104 valence electrons. The van der Waals surface area contributed by atoms with Crippen LogP contribution in [0.4, 0.5) is 11.4 Å². The van der Waals surface area contributed by atoms with Gasteiger partial charge in [0.2, 0.25) is 0 Å². The summed E-state index contributed by atoms with van der Waals surface area (Å²) in [5.41, 5.74) is 9.02. The summed E-state index contributed by atoms with van der Waals surface area (Å²) in [6, 6.07) is 13.0. The molecule has 2 aromatic carbocycles. The van der Waals surface area contributed by atoms with Gasteiger partial charge in [-0.05, 0) is 49.7 Å². The molecule has 0 aliphatic carbocycles. The number of carbonyl (C=O) groups excluding carboxylic acids is 1. The Balaban J connectivity index is 2.39. The fourth-order valence-corrected chi connectivity index (χ4v) is 2.34. The van der Waals surface area contributed by atoms with E-state index < -0.39 is 0 Å². The highest BCUT2D eigenvalue weighted by Crippen LogP contribution is 2.25. The van der Waals surface area contributed by atoms with Gasteiger partial charge >= 0.3 is 0 Å². The van der Waals surface area contributed by atoms with Crippen molar-refractivity contribution < 1.29 is 4.79 Å². The van der Waals surface area contributed by atoms with Crippen LogP contribution in [0.5, 0.6) is 0 Å². The molecule has 0 saturated carbocycles. The average Bonchev–Trinajstić information content (AvgIpc) is 2.44. The van der Waals surface area contributed by atoms with E-state index in [0.717, 1.165) is 15.7 Å². The zero-order chi connectivity index (χ0) is 14.7. The quantitative estimate of drug-likeness (QED) is 0.863. The first-order valence-electron chi connectivity index (χ1n) is 6.47. The van der Waals surface area contributed by atoms with Crippen LogP contribution in [0.2, 0.25) is 0 Å². The first-order valence-corrected chi connectivity index (χ1v) is 7.26. The minimum Gasteiger partial charge on any atom is -0.397 e. The molecule has 0 spiro atoms. The largest absolute Gasteiger partial charge is 0.397 e. The summed E-state index contributed by atoms with van der Waals surface area (Å²) in [4.78, 5) is 14.3. The van der Waals surface area contributed by atoms with E-state index in [2.05, 4.69) is 15.9 Å². The Hall–Kier alpha value is -1.81. The number of nitrogen functional groups attached to an aromatic ring is 1. The van der Waals surface area contributed by atoms with Crippen molar-refractivity contribution in [3.8, 4) is 0 Å². The second-order valence-electron chi connectivity index (χ2n) is 4.57. The topological polar surface area (TPSA) is 46.3 Å². The number of hydrogen-bond acceptors (Lipinski definition) is 2. The lowest BCUT2D eigenvalue weighted by Gasteiger charge is -2.23. The van der Waals surface area contributed by atoms with Crippen LogP contribution < -0.4 is 10.6 Å². The minimum absolute atomic E-state index is 0.0407. The summed E-state index contributed by atoms with van der Waals surface area (Å²) in [6.45, 7) is 4.48. The standard InChI is InChI=1S/C16H17BrN2O/c1-3-19(15-7-5-4-6-14(15)18)16(20)12-8-9-13(17)11(2)10-12/h4-10H,3,18H2,1-2H3. The molecule has 0 saturated heterocycles. The Bertz CT molecular complexity index is 640. The summed E-state index contributed by atoms with van der Waals surface area (Å²) in [6.07, 6.45) is 0. The summed E-state index contributed by atoms with van der Waals surface area (Å²) < 4.78 is 0.997. The van der Waals surface area contributed by atoms with Crippen LogP contribution in [0.25, 0.3) is 0 Å². The number of amides is 1. The third kappa shape index (κ3) is 2.85. The van der Waals surface area contributed by atoms with Gasteiger partial charge in [-0.25, -0.2) is 0 Å². The molecule has 1 amide bonds. The van der Waals surface area contributed by atoms with Crippen molar-refractivity contribution in [2.45, 2.75) is 13.8 Å². The number of aryl methyl sites for hydroxylation is 1. The molecular weight excluding hydrogens is 316 g/mol. The van der Waals surface area contributed by atoms with Crippen molar-refractivity contribution in [1.82, 2.24) is 0 Å². The number of nitrogens with two attached hydrogens (primary N) is 1. The van der Waals surface area contributed by atoms with Crippen LogP contribution in [0.1, 0.15) is 22.8 Å². The molecule has 2 N–H and O–H groups in total. The summed E-state index contributed by atoms with van der Waals surface area (Å²) >= 11 is 3.44. The molecule has 0 atom stereocenters. The first kappa shape index (κ1) is 14.6. The molecule has 3 nitrogen and oxygen atoms in total. The Kier molecular flexibility index (Phi) is 4.45. The summed E-state index contributed by atoms with van der Waals surface area (Å²) in [5.74, 6) is -0.0407. The summed E-state index contributed by atoms with van der Waals surface area (Å²) in [7, 11) is 0. The Morgan fingerprint density at radius 1 is 1.25 bits per heavy atom. The van der Waals surface area contributed by atoms with Gasteiger partial charge in [-0.15, -0.1) is 0 Å². The molecule has 0 fully saturated rings. The Morgan fingerprint density at radius 3 is 2.55 bits per heavy atom. The van der Waals surface area contributed by atoms with E-state index in [1.54, 1.807) is 11.0 Å². The highest BCUT2D eigenvalue weighted by molar-refractivity contribution is 9.10. The van der Waals surface area contributed by atoms with Gasteiger partial charge in [-0.2, -0.15) is 0 Å². The van der Waals surface area contributed by atoms with Crippen LogP contribution in [-0.2, 0) is 0 Å². The molecule has 0 heterocycles. The number of rotatable bonds is 3. The maximum atomic E-state index is 12.6. The molecule has 0 bridgehead atoms. The van der Waals surface area contributed by atoms with E-state index in [0.29, 0.717) is 17.8 Å². The highest BCUT2D eigenvalue weighted by atomic mass is 79.9. The van der Waals surface area contributed by atoms with Crippen molar-refractivity contribution in [2.75, 3.05) is 17.2 Å². The molecule has 0 radical (unpaired) electrons. The number of anilines is 2. The molecule has 2 rings (SSSR count). The number of hydrogen-bond donors (Lipinski definition) is 1. The van der Waals surface area contributed by atoms with Gasteiger partial charge in [0.1, 0.15) is 0 Å². The molecular formula is C16H17BrN2O. The number of benzene rings is 2. The molecule has 0 aliphatic heterocycles. The smallest absolute Gasteiger partial charge is 0.258 e. The highest BCUT2D eigenvalue weighted by Gasteiger charge is 2.18. The zero-order valence-electron chi connectivity index (χ0n) is 11.6. The number of para-hydroxylation sites is 2. The van der Waals surface area contributed by atoms with E-state index in [4.69, 9.17) is 5.73 Å². The Labute approximate surface area is 127 Å². The van der Waals surface area contributed by atoms with Crippen LogP contribution in [0, 0.1) is 6.92 Å². The molecule has 0 unspecified atom stereocenters. The first-order chi connectivity index (χ1) is 9.54. The number of carbonyl (C=O) groups is 1. The predicted octanol–water partition coefficient (Wildman–Crippen LogP) is 4.01. The van der Waals surface area contributed by atoms with Crippen LogP contribution in [-0.4, -0.2) is 12.5 Å². The van der Waals surface area contributed by atoms with Gasteiger partial charge in [0.05, 0.1) is 11.4 Å². The second kappa shape index (κ2) is 6.09. The fraction of sp³-hybridized carbons (Fsp3) is 0.188. The maximum absolute atomic E-state index is 12.6. The number of halogens is 1. The van der Waals surface area contributed by atoms with Crippen LogP contribution >= 0.6 is 15.9 Å².